The van der Waals surface area contributed by atoms with Crippen LogP contribution in [0.15, 0.2) is 12.3 Å². The summed E-state index contributed by atoms with van der Waals surface area (Å²) in [6, 6.07) is 2.16. The lowest BCUT2D eigenvalue weighted by Crippen LogP contribution is -2.39. The summed E-state index contributed by atoms with van der Waals surface area (Å²) in [4.78, 5) is 9.73. The summed E-state index contributed by atoms with van der Waals surface area (Å²) in [7, 11) is 0. The van der Waals surface area contributed by atoms with Gasteiger partial charge in [0.05, 0.1) is 5.69 Å². The maximum Gasteiger partial charge on any atom is 0.453 e. The molecular formula is C14H18F3N5. The van der Waals surface area contributed by atoms with Crippen LogP contribution < -0.4 is 0 Å². The number of likely N-dealkylation sites (tertiary alicyclic amines) is 1. The minimum absolute atomic E-state index is 0.00601. The zero-order chi connectivity index (χ0) is 15.9. The first kappa shape index (κ1) is 15.2. The molecule has 8 heteroatoms. The van der Waals surface area contributed by atoms with Gasteiger partial charge < -0.3 is 4.90 Å². The molecule has 0 spiro atoms. The third-order valence-corrected chi connectivity index (χ3v) is 4.12. The molecule has 0 amide bonds. The van der Waals surface area contributed by atoms with Crippen LogP contribution in [-0.2, 0) is 6.18 Å². The molecule has 120 valence electrons. The van der Waals surface area contributed by atoms with Crippen molar-refractivity contribution in [2.45, 2.75) is 44.8 Å². The summed E-state index contributed by atoms with van der Waals surface area (Å²) in [5.41, 5.74) is 0.748. The first-order valence-corrected chi connectivity index (χ1v) is 7.39. The Bertz CT molecular complexity index is 664. The molecule has 5 nitrogen and oxygen atoms in total. The lowest BCUT2D eigenvalue weighted by atomic mass is 9.94. The minimum Gasteiger partial charge on any atom is -0.300 e. The average Bonchev–Trinajstić information content (AvgIpc) is 2.91. The molecule has 0 radical (unpaired) electrons. The molecule has 1 aliphatic rings. The third kappa shape index (κ3) is 2.79. The van der Waals surface area contributed by atoms with Gasteiger partial charge in [0.2, 0.25) is 0 Å². The Morgan fingerprint density at radius 3 is 2.77 bits per heavy atom. The van der Waals surface area contributed by atoms with Gasteiger partial charge in [-0.2, -0.15) is 18.2 Å². The van der Waals surface area contributed by atoms with E-state index < -0.39 is 12.0 Å². The van der Waals surface area contributed by atoms with Crippen molar-refractivity contribution >= 4 is 5.78 Å². The molecule has 22 heavy (non-hydrogen) atoms. The number of rotatable bonds is 2. The summed E-state index contributed by atoms with van der Waals surface area (Å²) in [6.07, 6.45) is -1.09. The number of nitrogens with zero attached hydrogens (tertiary/aromatic N) is 5. The number of aromatic nitrogens is 4. The molecule has 2 aromatic heterocycles. The van der Waals surface area contributed by atoms with E-state index in [1.54, 1.807) is 6.07 Å². The maximum atomic E-state index is 12.8. The second kappa shape index (κ2) is 5.49. The molecule has 0 N–H and O–H groups in total. The van der Waals surface area contributed by atoms with Crippen molar-refractivity contribution in [2.24, 2.45) is 0 Å². The van der Waals surface area contributed by atoms with Crippen LogP contribution in [-0.4, -0.2) is 43.6 Å². The highest BCUT2D eigenvalue weighted by molar-refractivity contribution is 5.30. The number of halogens is 3. The highest BCUT2D eigenvalue weighted by Crippen LogP contribution is 2.30. The van der Waals surface area contributed by atoms with E-state index in [1.165, 1.54) is 10.7 Å². The predicted octanol–water partition coefficient (Wildman–Crippen LogP) is 2.73. The summed E-state index contributed by atoms with van der Waals surface area (Å²) in [5.74, 6) is -0.986. The topological polar surface area (TPSA) is 46.3 Å². The van der Waals surface area contributed by atoms with Crippen molar-refractivity contribution in [3.8, 4) is 0 Å². The van der Waals surface area contributed by atoms with E-state index in [-0.39, 0.29) is 11.7 Å². The van der Waals surface area contributed by atoms with Crippen molar-refractivity contribution in [1.29, 1.82) is 0 Å². The van der Waals surface area contributed by atoms with Gasteiger partial charge in [-0.1, -0.05) is 0 Å². The van der Waals surface area contributed by atoms with Crippen LogP contribution in [0.25, 0.3) is 5.78 Å². The molecule has 1 unspecified atom stereocenters. The zero-order valence-corrected chi connectivity index (χ0v) is 12.5. The standard InChI is InChI=1S/C14H18F3N5/c1-9(2)21-7-3-4-10(8-21)11-5-6-18-13-19-12(14(15,16)17)20-22(11)13/h5-6,9-10H,3-4,7-8H2,1-2H3. The highest BCUT2D eigenvalue weighted by Gasteiger charge is 2.37. The Kier molecular flexibility index (Phi) is 3.80. The minimum atomic E-state index is -4.55. The third-order valence-electron chi connectivity index (χ3n) is 4.12. The lowest BCUT2D eigenvalue weighted by Gasteiger charge is -2.35. The summed E-state index contributed by atoms with van der Waals surface area (Å²) >= 11 is 0. The monoisotopic (exact) mass is 313 g/mol. The Morgan fingerprint density at radius 1 is 1.32 bits per heavy atom. The molecule has 0 aliphatic carbocycles. The molecule has 1 atom stereocenters. The average molecular weight is 313 g/mol. The van der Waals surface area contributed by atoms with E-state index in [0.29, 0.717) is 6.04 Å². The molecular weight excluding hydrogens is 295 g/mol. The SMILES string of the molecule is CC(C)N1CCCC(c2ccnc3nc(C(F)(F)F)nn23)C1. The highest BCUT2D eigenvalue weighted by atomic mass is 19.4. The van der Waals surface area contributed by atoms with Crippen molar-refractivity contribution in [1.82, 2.24) is 24.5 Å². The summed E-state index contributed by atoms with van der Waals surface area (Å²) in [6.45, 7) is 6.09. The van der Waals surface area contributed by atoms with Gasteiger partial charge in [-0.15, -0.1) is 5.10 Å². The maximum absolute atomic E-state index is 12.8. The largest absolute Gasteiger partial charge is 0.453 e. The number of alkyl halides is 3. The molecule has 3 rings (SSSR count). The number of fused-ring (bicyclic) bond motifs is 1. The van der Waals surface area contributed by atoms with E-state index in [4.69, 9.17) is 0 Å². The van der Waals surface area contributed by atoms with Crippen molar-refractivity contribution in [3.05, 3.63) is 23.8 Å². The first-order valence-electron chi connectivity index (χ1n) is 7.39. The van der Waals surface area contributed by atoms with Gasteiger partial charge >= 0.3 is 6.18 Å². The van der Waals surface area contributed by atoms with Gasteiger partial charge in [-0.25, -0.2) is 9.50 Å². The second-order valence-corrected chi connectivity index (χ2v) is 5.94. The van der Waals surface area contributed by atoms with E-state index >= 15 is 0 Å². The van der Waals surface area contributed by atoms with Crippen LogP contribution in [0.1, 0.15) is 44.1 Å². The van der Waals surface area contributed by atoms with Crippen LogP contribution in [0.4, 0.5) is 13.2 Å². The number of piperidine rings is 1. The summed E-state index contributed by atoms with van der Waals surface area (Å²) < 4.78 is 39.6. The first-order chi connectivity index (χ1) is 10.4. The van der Waals surface area contributed by atoms with Gasteiger partial charge in [0.15, 0.2) is 0 Å². The van der Waals surface area contributed by atoms with Gasteiger partial charge in [0.1, 0.15) is 0 Å². The number of hydrogen-bond acceptors (Lipinski definition) is 4. The van der Waals surface area contributed by atoms with Crippen LogP contribution in [0.5, 0.6) is 0 Å². The fourth-order valence-corrected chi connectivity index (χ4v) is 2.96. The van der Waals surface area contributed by atoms with Gasteiger partial charge in [-0.3, -0.25) is 0 Å². The van der Waals surface area contributed by atoms with Gasteiger partial charge in [0.25, 0.3) is 11.6 Å². The fraction of sp³-hybridized carbons (Fsp3) is 0.643. The predicted molar refractivity (Wildman–Crippen MR) is 74.5 cm³/mol. The Morgan fingerprint density at radius 2 is 2.09 bits per heavy atom. The van der Waals surface area contributed by atoms with Crippen LogP contribution in [0.3, 0.4) is 0 Å². The van der Waals surface area contributed by atoms with E-state index in [9.17, 15) is 13.2 Å². The van der Waals surface area contributed by atoms with E-state index in [0.717, 1.165) is 31.6 Å². The number of hydrogen-bond donors (Lipinski definition) is 0. The molecule has 1 saturated heterocycles. The van der Waals surface area contributed by atoms with E-state index in [2.05, 4.69) is 33.8 Å². The molecule has 0 aromatic carbocycles. The fourth-order valence-electron chi connectivity index (χ4n) is 2.96. The quantitative estimate of drug-likeness (QED) is 0.855. The Balaban J connectivity index is 1.98. The molecule has 3 heterocycles. The van der Waals surface area contributed by atoms with Crippen LogP contribution >= 0.6 is 0 Å². The van der Waals surface area contributed by atoms with Crippen molar-refractivity contribution in [3.63, 3.8) is 0 Å². The van der Waals surface area contributed by atoms with E-state index in [1.807, 2.05) is 0 Å². The van der Waals surface area contributed by atoms with Crippen molar-refractivity contribution < 1.29 is 13.2 Å². The Hall–Kier alpha value is -1.70. The summed E-state index contributed by atoms with van der Waals surface area (Å²) in [5, 5.41) is 3.63. The van der Waals surface area contributed by atoms with Gasteiger partial charge in [0, 0.05) is 24.7 Å². The smallest absolute Gasteiger partial charge is 0.300 e. The molecule has 1 fully saturated rings. The second-order valence-electron chi connectivity index (χ2n) is 5.94. The van der Waals surface area contributed by atoms with Crippen molar-refractivity contribution in [2.75, 3.05) is 13.1 Å². The Labute approximate surface area is 126 Å². The van der Waals surface area contributed by atoms with Crippen LogP contribution in [0, 0.1) is 0 Å². The lowest BCUT2D eigenvalue weighted by molar-refractivity contribution is -0.144. The molecule has 2 aromatic rings. The normalized spacial score (nSPS) is 20.9. The zero-order valence-electron chi connectivity index (χ0n) is 12.5. The van der Waals surface area contributed by atoms with Crippen LogP contribution in [0.2, 0.25) is 0 Å². The molecule has 1 aliphatic heterocycles. The molecule has 0 saturated carbocycles. The molecule has 0 bridgehead atoms. The van der Waals surface area contributed by atoms with Gasteiger partial charge in [-0.05, 0) is 39.3 Å².